The predicted molar refractivity (Wildman–Crippen MR) is 97.9 cm³/mol. The fraction of sp³-hybridized carbons (Fsp3) is 0.429. The van der Waals surface area contributed by atoms with E-state index in [1.165, 1.54) is 16.7 Å². The minimum absolute atomic E-state index is 0.266. The molecule has 23 heavy (non-hydrogen) atoms. The maximum atomic E-state index is 5.85. The topological polar surface area (TPSA) is 21.3 Å². The zero-order valence-electron chi connectivity index (χ0n) is 14.8. The van der Waals surface area contributed by atoms with Crippen molar-refractivity contribution >= 4 is 0 Å². The highest BCUT2D eigenvalue weighted by Gasteiger charge is 2.09. The van der Waals surface area contributed by atoms with E-state index >= 15 is 0 Å². The van der Waals surface area contributed by atoms with E-state index in [9.17, 15) is 0 Å². The van der Waals surface area contributed by atoms with Crippen LogP contribution in [0.15, 0.2) is 48.5 Å². The smallest absolute Gasteiger partial charge is 0.119 e. The Labute approximate surface area is 140 Å². The largest absolute Gasteiger partial charge is 0.491 e. The first-order valence-corrected chi connectivity index (χ1v) is 8.68. The number of rotatable bonds is 8. The van der Waals surface area contributed by atoms with Crippen molar-refractivity contribution in [2.45, 2.75) is 59.2 Å². The molecule has 2 aromatic rings. The standard InChI is InChI=1S/C21H29NO/c1-5-17(4)23-20-13-11-19(12-14-20)21(6-2)22-15-18-9-7-16(3)8-10-18/h7-14,17,21-22H,5-6,15H2,1-4H3. The number of hydrogen-bond donors (Lipinski definition) is 1. The highest BCUT2D eigenvalue weighted by atomic mass is 16.5. The van der Waals surface area contributed by atoms with Gasteiger partial charge in [0.1, 0.15) is 5.75 Å². The fourth-order valence-electron chi connectivity index (χ4n) is 2.54. The van der Waals surface area contributed by atoms with Crippen LogP contribution in [-0.4, -0.2) is 6.10 Å². The number of ether oxygens (including phenoxy) is 1. The van der Waals surface area contributed by atoms with Gasteiger partial charge >= 0.3 is 0 Å². The van der Waals surface area contributed by atoms with Gasteiger partial charge in [0.25, 0.3) is 0 Å². The molecule has 0 aliphatic heterocycles. The van der Waals surface area contributed by atoms with Gasteiger partial charge in [0.05, 0.1) is 6.10 Å². The first-order valence-electron chi connectivity index (χ1n) is 8.68. The summed E-state index contributed by atoms with van der Waals surface area (Å²) in [5.41, 5.74) is 3.94. The molecule has 124 valence electrons. The third-order valence-electron chi connectivity index (χ3n) is 4.28. The molecule has 0 saturated carbocycles. The minimum Gasteiger partial charge on any atom is -0.491 e. The van der Waals surface area contributed by atoms with Crippen molar-refractivity contribution in [1.82, 2.24) is 5.32 Å². The predicted octanol–water partition coefficient (Wildman–Crippen LogP) is 5.41. The Morgan fingerprint density at radius 2 is 1.57 bits per heavy atom. The van der Waals surface area contributed by atoms with Gasteiger partial charge in [-0.15, -0.1) is 0 Å². The second-order valence-electron chi connectivity index (χ2n) is 6.23. The molecule has 0 radical (unpaired) electrons. The molecule has 2 aromatic carbocycles. The molecule has 1 N–H and O–H groups in total. The van der Waals surface area contributed by atoms with Gasteiger partial charge in [0, 0.05) is 12.6 Å². The molecular weight excluding hydrogens is 282 g/mol. The Morgan fingerprint density at radius 3 is 2.13 bits per heavy atom. The molecule has 0 aromatic heterocycles. The summed E-state index contributed by atoms with van der Waals surface area (Å²) >= 11 is 0. The van der Waals surface area contributed by atoms with Gasteiger partial charge < -0.3 is 10.1 Å². The Kier molecular flexibility index (Phi) is 6.66. The van der Waals surface area contributed by atoms with E-state index in [1.54, 1.807) is 0 Å². The van der Waals surface area contributed by atoms with Gasteiger partial charge in [-0.1, -0.05) is 55.8 Å². The lowest BCUT2D eigenvalue weighted by Gasteiger charge is -2.19. The molecule has 0 aliphatic carbocycles. The number of hydrogen-bond acceptors (Lipinski definition) is 2. The van der Waals surface area contributed by atoms with Crippen LogP contribution in [-0.2, 0) is 6.54 Å². The lowest BCUT2D eigenvalue weighted by molar-refractivity contribution is 0.217. The zero-order chi connectivity index (χ0) is 16.7. The molecule has 0 fully saturated rings. The van der Waals surface area contributed by atoms with E-state index in [4.69, 9.17) is 4.74 Å². The van der Waals surface area contributed by atoms with E-state index in [0.29, 0.717) is 6.04 Å². The second-order valence-corrected chi connectivity index (χ2v) is 6.23. The summed E-state index contributed by atoms with van der Waals surface area (Å²) in [6, 6.07) is 17.6. The van der Waals surface area contributed by atoms with E-state index in [2.05, 4.69) is 81.5 Å². The van der Waals surface area contributed by atoms with Crippen molar-refractivity contribution in [2.75, 3.05) is 0 Å². The molecule has 0 amide bonds. The van der Waals surface area contributed by atoms with Crippen LogP contribution in [0.4, 0.5) is 0 Å². The Morgan fingerprint density at radius 1 is 0.913 bits per heavy atom. The van der Waals surface area contributed by atoms with Crippen LogP contribution < -0.4 is 10.1 Å². The molecule has 2 atom stereocenters. The van der Waals surface area contributed by atoms with Crippen LogP contribution >= 0.6 is 0 Å². The van der Waals surface area contributed by atoms with Crippen molar-refractivity contribution in [3.63, 3.8) is 0 Å². The lowest BCUT2D eigenvalue weighted by Crippen LogP contribution is -2.20. The molecule has 2 heteroatoms. The van der Waals surface area contributed by atoms with Gasteiger partial charge in [-0.25, -0.2) is 0 Å². The average molecular weight is 311 g/mol. The Bertz CT molecular complexity index is 574. The Balaban J connectivity index is 1.95. The van der Waals surface area contributed by atoms with Crippen molar-refractivity contribution in [3.8, 4) is 5.75 Å². The SMILES string of the molecule is CCC(C)Oc1ccc(C(CC)NCc2ccc(C)cc2)cc1. The van der Waals surface area contributed by atoms with Gasteiger partial charge in [-0.3, -0.25) is 0 Å². The summed E-state index contributed by atoms with van der Waals surface area (Å²) in [4.78, 5) is 0. The van der Waals surface area contributed by atoms with Crippen LogP contribution in [0, 0.1) is 6.92 Å². The van der Waals surface area contributed by atoms with Gasteiger partial charge in [0.2, 0.25) is 0 Å². The molecule has 2 rings (SSSR count). The molecule has 2 unspecified atom stereocenters. The fourth-order valence-corrected chi connectivity index (χ4v) is 2.54. The van der Waals surface area contributed by atoms with E-state index in [0.717, 1.165) is 25.1 Å². The summed E-state index contributed by atoms with van der Waals surface area (Å²) in [5.74, 6) is 0.955. The zero-order valence-corrected chi connectivity index (χ0v) is 14.8. The monoisotopic (exact) mass is 311 g/mol. The number of benzene rings is 2. The van der Waals surface area contributed by atoms with Crippen LogP contribution in [0.25, 0.3) is 0 Å². The Hall–Kier alpha value is -1.80. The number of nitrogens with one attached hydrogen (secondary N) is 1. The lowest BCUT2D eigenvalue weighted by atomic mass is 10.0. The third-order valence-corrected chi connectivity index (χ3v) is 4.28. The molecule has 0 heterocycles. The maximum Gasteiger partial charge on any atom is 0.119 e. The van der Waals surface area contributed by atoms with Crippen LogP contribution in [0.5, 0.6) is 5.75 Å². The maximum absolute atomic E-state index is 5.85. The summed E-state index contributed by atoms with van der Waals surface area (Å²) in [6.45, 7) is 9.47. The van der Waals surface area contributed by atoms with Crippen LogP contribution in [0.1, 0.15) is 56.3 Å². The molecule has 0 spiro atoms. The molecule has 0 saturated heterocycles. The quantitative estimate of drug-likeness (QED) is 0.703. The van der Waals surface area contributed by atoms with E-state index < -0.39 is 0 Å². The third kappa shape index (κ3) is 5.40. The summed E-state index contributed by atoms with van der Waals surface area (Å²) in [7, 11) is 0. The summed E-state index contributed by atoms with van der Waals surface area (Å²) < 4.78 is 5.85. The summed E-state index contributed by atoms with van der Waals surface area (Å²) in [5, 5.41) is 3.65. The second kappa shape index (κ2) is 8.73. The number of aryl methyl sites for hydroxylation is 1. The van der Waals surface area contributed by atoms with Crippen LogP contribution in [0.3, 0.4) is 0 Å². The first kappa shape index (κ1) is 17.6. The highest BCUT2D eigenvalue weighted by Crippen LogP contribution is 2.21. The van der Waals surface area contributed by atoms with Crippen LogP contribution in [0.2, 0.25) is 0 Å². The van der Waals surface area contributed by atoms with E-state index in [-0.39, 0.29) is 6.10 Å². The van der Waals surface area contributed by atoms with Crippen molar-refractivity contribution in [2.24, 2.45) is 0 Å². The van der Waals surface area contributed by atoms with Crippen molar-refractivity contribution in [3.05, 3.63) is 65.2 Å². The normalized spacial score (nSPS) is 13.6. The first-order chi connectivity index (χ1) is 11.1. The van der Waals surface area contributed by atoms with Gasteiger partial charge in [-0.2, -0.15) is 0 Å². The average Bonchev–Trinajstić information content (AvgIpc) is 2.58. The minimum atomic E-state index is 0.266. The molecule has 0 aliphatic rings. The molecule has 0 bridgehead atoms. The molecule has 2 nitrogen and oxygen atoms in total. The van der Waals surface area contributed by atoms with E-state index in [1.807, 2.05) is 0 Å². The van der Waals surface area contributed by atoms with Crippen molar-refractivity contribution < 1.29 is 4.74 Å². The van der Waals surface area contributed by atoms with Gasteiger partial charge in [0.15, 0.2) is 0 Å². The summed E-state index contributed by atoms with van der Waals surface area (Å²) in [6.07, 6.45) is 2.36. The van der Waals surface area contributed by atoms with Crippen molar-refractivity contribution in [1.29, 1.82) is 0 Å². The molecular formula is C21H29NO. The highest BCUT2D eigenvalue weighted by molar-refractivity contribution is 5.29. The van der Waals surface area contributed by atoms with Gasteiger partial charge in [-0.05, 0) is 49.9 Å².